The molecule has 3 heteroatoms. The third-order valence-electron chi connectivity index (χ3n) is 3.34. The van der Waals surface area contributed by atoms with Crippen LogP contribution < -0.4 is 5.73 Å². The van der Waals surface area contributed by atoms with Gasteiger partial charge in [-0.15, -0.1) is 0 Å². The smallest absolute Gasteiger partial charge is 0.0303 e. The fraction of sp³-hybridized carbons (Fsp3) is 0.818. The van der Waals surface area contributed by atoms with Crippen LogP contribution in [0.3, 0.4) is 0 Å². The maximum atomic E-state index is 5.88. The summed E-state index contributed by atoms with van der Waals surface area (Å²) in [6, 6.07) is 0.409. The van der Waals surface area contributed by atoms with Gasteiger partial charge in [-0.05, 0) is 26.3 Å². The first-order valence-corrected chi connectivity index (χ1v) is 5.64. The van der Waals surface area contributed by atoms with Crippen molar-refractivity contribution in [3.8, 4) is 0 Å². The molecule has 2 N–H and O–H groups in total. The summed E-state index contributed by atoms with van der Waals surface area (Å²) in [5.41, 5.74) is 7.42. The average molecular weight is 195 g/mol. The van der Waals surface area contributed by atoms with Gasteiger partial charge in [-0.3, -0.25) is 0 Å². The van der Waals surface area contributed by atoms with E-state index in [0.717, 1.165) is 12.8 Å². The Morgan fingerprint density at radius 3 is 2.57 bits per heavy atom. The van der Waals surface area contributed by atoms with E-state index in [1.807, 2.05) is 0 Å². The topological polar surface area (TPSA) is 32.5 Å². The van der Waals surface area contributed by atoms with Crippen LogP contribution in [0.4, 0.5) is 0 Å². The molecule has 1 atom stereocenters. The summed E-state index contributed by atoms with van der Waals surface area (Å²) in [6.45, 7) is 4.78. The lowest BCUT2D eigenvalue weighted by Gasteiger charge is -2.37. The molecule has 0 saturated carbocycles. The quantitative estimate of drug-likeness (QED) is 0.666. The fourth-order valence-corrected chi connectivity index (χ4v) is 2.22. The molecule has 0 radical (unpaired) electrons. The highest BCUT2D eigenvalue weighted by molar-refractivity contribution is 5.07. The van der Waals surface area contributed by atoms with E-state index in [2.05, 4.69) is 22.9 Å². The van der Waals surface area contributed by atoms with Crippen molar-refractivity contribution in [2.24, 2.45) is 5.73 Å². The first-order valence-electron chi connectivity index (χ1n) is 5.64. The van der Waals surface area contributed by atoms with Gasteiger partial charge in [0, 0.05) is 37.9 Å². The van der Waals surface area contributed by atoms with E-state index in [1.165, 1.54) is 32.6 Å². The lowest BCUT2D eigenvalue weighted by atomic mass is 9.99. The Balaban J connectivity index is 1.89. The Morgan fingerprint density at radius 2 is 2.00 bits per heavy atom. The van der Waals surface area contributed by atoms with Crippen molar-refractivity contribution >= 4 is 0 Å². The van der Waals surface area contributed by atoms with Crippen molar-refractivity contribution in [3.63, 3.8) is 0 Å². The lowest BCUT2D eigenvalue weighted by Crippen LogP contribution is -2.44. The van der Waals surface area contributed by atoms with Crippen LogP contribution in [-0.4, -0.2) is 49.1 Å². The van der Waals surface area contributed by atoms with E-state index >= 15 is 0 Å². The molecule has 14 heavy (non-hydrogen) atoms. The van der Waals surface area contributed by atoms with Gasteiger partial charge in [0.1, 0.15) is 0 Å². The SMILES string of the molecule is CN1CCN(C2=CC[C@H](N)CC2)CC1. The highest BCUT2D eigenvalue weighted by Gasteiger charge is 2.19. The molecule has 0 spiro atoms. The number of nitrogens with zero attached hydrogens (tertiary/aromatic N) is 2. The first kappa shape index (κ1) is 9.99. The highest BCUT2D eigenvalue weighted by Crippen LogP contribution is 2.21. The highest BCUT2D eigenvalue weighted by atomic mass is 15.2. The molecule has 1 saturated heterocycles. The van der Waals surface area contributed by atoms with Crippen molar-refractivity contribution in [2.45, 2.75) is 25.3 Å². The summed E-state index contributed by atoms with van der Waals surface area (Å²) in [5, 5.41) is 0. The second kappa shape index (κ2) is 4.32. The standard InChI is InChI=1S/C11H21N3/c1-13-6-8-14(9-7-13)11-4-2-10(12)3-5-11/h4,10H,2-3,5-9,12H2,1H3/t10-/m0/s1. The van der Waals surface area contributed by atoms with E-state index in [9.17, 15) is 0 Å². The molecule has 1 aliphatic carbocycles. The van der Waals surface area contributed by atoms with Crippen LogP contribution in [0.25, 0.3) is 0 Å². The summed E-state index contributed by atoms with van der Waals surface area (Å²) in [4.78, 5) is 4.93. The summed E-state index contributed by atoms with van der Waals surface area (Å²) in [7, 11) is 2.20. The molecule has 2 aliphatic rings. The van der Waals surface area contributed by atoms with Crippen LogP contribution in [0, 0.1) is 0 Å². The molecule has 0 aromatic heterocycles. The molecule has 1 heterocycles. The van der Waals surface area contributed by atoms with Crippen LogP contribution in [0.1, 0.15) is 19.3 Å². The number of nitrogens with two attached hydrogens (primary N) is 1. The number of likely N-dealkylation sites (N-methyl/N-ethyl adjacent to an activating group) is 1. The molecular formula is C11H21N3. The summed E-state index contributed by atoms with van der Waals surface area (Å²) in [5.74, 6) is 0. The van der Waals surface area contributed by atoms with Crippen molar-refractivity contribution in [2.75, 3.05) is 33.2 Å². The summed E-state index contributed by atoms with van der Waals surface area (Å²) >= 11 is 0. The van der Waals surface area contributed by atoms with Crippen molar-refractivity contribution in [1.82, 2.24) is 9.80 Å². The Morgan fingerprint density at radius 1 is 1.29 bits per heavy atom. The molecule has 1 fully saturated rings. The van der Waals surface area contributed by atoms with E-state index in [4.69, 9.17) is 5.73 Å². The van der Waals surface area contributed by atoms with Crippen molar-refractivity contribution in [3.05, 3.63) is 11.8 Å². The van der Waals surface area contributed by atoms with Gasteiger partial charge in [0.2, 0.25) is 0 Å². The molecule has 0 aromatic rings. The molecule has 0 aromatic carbocycles. The van der Waals surface area contributed by atoms with Gasteiger partial charge in [0.05, 0.1) is 0 Å². The predicted octanol–water partition coefficient (Wildman–Crippen LogP) is 0.629. The lowest BCUT2D eigenvalue weighted by molar-refractivity contribution is 0.179. The van der Waals surface area contributed by atoms with Gasteiger partial charge >= 0.3 is 0 Å². The van der Waals surface area contributed by atoms with E-state index in [1.54, 1.807) is 5.70 Å². The number of allylic oxidation sites excluding steroid dienone is 1. The van der Waals surface area contributed by atoms with Gasteiger partial charge in [-0.2, -0.15) is 0 Å². The molecule has 0 bridgehead atoms. The van der Waals surface area contributed by atoms with Gasteiger partial charge in [0.15, 0.2) is 0 Å². The molecular weight excluding hydrogens is 174 g/mol. The van der Waals surface area contributed by atoms with Crippen molar-refractivity contribution in [1.29, 1.82) is 0 Å². The minimum Gasteiger partial charge on any atom is -0.373 e. The van der Waals surface area contributed by atoms with Crippen LogP contribution in [-0.2, 0) is 0 Å². The number of piperazine rings is 1. The zero-order valence-corrected chi connectivity index (χ0v) is 9.08. The molecule has 3 nitrogen and oxygen atoms in total. The largest absolute Gasteiger partial charge is 0.373 e. The second-order valence-electron chi connectivity index (χ2n) is 4.52. The molecule has 1 aliphatic heterocycles. The number of rotatable bonds is 1. The summed E-state index contributed by atoms with van der Waals surface area (Å²) in [6.07, 6.45) is 5.77. The summed E-state index contributed by atoms with van der Waals surface area (Å²) < 4.78 is 0. The fourth-order valence-electron chi connectivity index (χ4n) is 2.22. The normalized spacial score (nSPS) is 30.3. The van der Waals surface area contributed by atoms with Crippen LogP contribution >= 0.6 is 0 Å². The zero-order valence-electron chi connectivity index (χ0n) is 9.08. The molecule has 80 valence electrons. The van der Waals surface area contributed by atoms with Crippen LogP contribution in [0.5, 0.6) is 0 Å². The first-order chi connectivity index (χ1) is 6.75. The zero-order chi connectivity index (χ0) is 9.97. The van der Waals surface area contributed by atoms with E-state index in [0.29, 0.717) is 6.04 Å². The van der Waals surface area contributed by atoms with E-state index in [-0.39, 0.29) is 0 Å². The molecule has 0 amide bonds. The van der Waals surface area contributed by atoms with E-state index < -0.39 is 0 Å². The second-order valence-corrected chi connectivity index (χ2v) is 4.52. The number of hydrogen-bond donors (Lipinski definition) is 1. The third kappa shape index (κ3) is 2.28. The maximum Gasteiger partial charge on any atom is 0.0303 e. The Hall–Kier alpha value is -0.540. The predicted molar refractivity (Wildman–Crippen MR) is 59.0 cm³/mol. The Kier molecular flexibility index (Phi) is 3.08. The maximum absolute atomic E-state index is 5.88. The Labute approximate surface area is 86.5 Å². The van der Waals surface area contributed by atoms with Gasteiger partial charge < -0.3 is 15.5 Å². The van der Waals surface area contributed by atoms with Gasteiger partial charge in [0.25, 0.3) is 0 Å². The minimum atomic E-state index is 0.409. The molecule has 2 rings (SSSR count). The molecule has 0 unspecified atom stereocenters. The van der Waals surface area contributed by atoms with Crippen LogP contribution in [0.2, 0.25) is 0 Å². The minimum absolute atomic E-state index is 0.409. The monoisotopic (exact) mass is 195 g/mol. The third-order valence-corrected chi connectivity index (χ3v) is 3.34. The van der Waals surface area contributed by atoms with Crippen molar-refractivity contribution < 1.29 is 0 Å². The average Bonchev–Trinajstić information content (AvgIpc) is 2.21. The van der Waals surface area contributed by atoms with Gasteiger partial charge in [-0.1, -0.05) is 6.08 Å². The number of hydrogen-bond acceptors (Lipinski definition) is 3. The van der Waals surface area contributed by atoms with Gasteiger partial charge in [-0.25, -0.2) is 0 Å². The van der Waals surface area contributed by atoms with Crippen LogP contribution in [0.15, 0.2) is 11.8 Å². The Bertz CT molecular complexity index is 217.